The van der Waals surface area contributed by atoms with Crippen LogP contribution in [0.3, 0.4) is 0 Å². The van der Waals surface area contributed by atoms with Gasteiger partial charge in [-0.25, -0.2) is 4.98 Å². The SMILES string of the molecule is CCCC(CN)N1CCN(c2cc(=O)[nH]c(CC)n2)CC1. The summed E-state index contributed by atoms with van der Waals surface area (Å²) in [5.74, 6) is 1.56. The topological polar surface area (TPSA) is 78.2 Å². The Morgan fingerprint density at radius 1 is 1.33 bits per heavy atom. The van der Waals surface area contributed by atoms with E-state index < -0.39 is 0 Å². The second-order valence-corrected chi connectivity index (χ2v) is 5.61. The van der Waals surface area contributed by atoms with E-state index in [1.165, 1.54) is 0 Å². The number of aryl methyl sites for hydroxylation is 1. The smallest absolute Gasteiger partial charge is 0.252 e. The van der Waals surface area contributed by atoms with Crippen LogP contribution in [0.4, 0.5) is 5.82 Å². The molecule has 2 heterocycles. The number of anilines is 1. The lowest BCUT2D eigenvalue weighted by atomic mass is 10.1. The molecule has 1 aromatic rings. The molecule has 0 spiro atoms. The molecule has 3 N–H and O–H groups in total. The predicted molar refractivity (Wildman–Crippen MR) is 85.8 cm³/mol. The largest absolute Gasteiger partial charge is 0.354 e. The lowest BCUT2D eigenvalue weighted by molar-refractivity contribution is 0.179. The summed E-state index contributed by atoms with van der Waals surface area (Å²) in [6, 6.07) is 2.08. The van der Waals surface area contributed by atoms with Gasteiger partial charge in [-0.05, 0) is 6.42 Å². The van der Waals surface area contributed by atoms with Gasteiger partial charge < -0.3 is 15.6 Å². The summed E-state index contributed by atoms with van der Waals surface area (Å²) in [4.78, 5) is 23.6. The maximum Gasteiger partial charge on any atom is 0.252 e. The molecule has 1 aromatic heterocycles. The van der Waals surface area contributed by atoms with Crippen molar-refractivity contribution in [2.75, 3.05) is 37.6 Å². The van der Waals surface area contributed by atoms with Crippen molar-refractivity contribution in [2.45, 2.75) is 39.2 Å². The molecule has 21 heavy (non-hydrogen) atoms. The predicted octanol–water partition coefficient (Wildman–Crippen LogP) is 0.582. The van der Waals surface area contributed by atoms with Gasteiger partial charge in [0.2, 0.25) is 0 Å². The van der Waals surface area contributed by atoms with Gasteiger partial charge in [0, 0.05) is 51.3 Å². The third kappa shape index (κ3) is 4.04. The lowest BCUT2D eigenvalue weighted by Gasteiger charge is -2.39. The van der Waals surface area contributed by atoms with Crippen molar-refractivity contribution in [1.82, 2.24) is 14.9 Å². The number of nitrogens with zero attached hydrogens (tertiary/aromatic N) is 3. The zero-order chi connectivity index (χ0) is 15.2. The molecule has 0 radical (unpaired) electrons. The van der Waals surface area contributed by atoms with Crippen molar-refractivity contribution in [3.63, 3.8) is 0 Å². The molecule has 0 bridgehead atoms. The number of aromatic amines is 1. The van der Waals surface area contributed by atoms with Crippen LogP contribution in [0.25, 0.3) is 0 Å². The van der Waals surface area contributed by atoms with Crippen molar-refractivity contribution >= 4 is 5.82 Å². The molecule has 1 unspecified atom stereocenters. The quantitative estimate of drug-likeness (QED) is 0.802. The summed E-state index contributed by atoms with van der Waals surface area (Å²) in [5.41, 5.74) is 5.82. The number of aromatic nitrogens is 2. The summed E-state index contributed by atoms with van der Waals surface area (Å²) < 4.78 is 0. The summed E-state index contributed by atoms with van der Waals surface area (Å²) in [6.07, 6.45) is 3.06. The maximum absolute atomic E-state index is 11.7. The fourth-order valence-corrected chi connectivity index (χ4v) is 2.92. The molecular formula is C15H27N5O. The first-order valence-corrected chi connectivity index (χ1v) is 7.97. The summed E-state index contributed by atoms with van der Waals surface area (Å²) >= 11 is 0. The lowest BCUT2D eigenvalue weighted by Crippen LogP contribution is -2.52. The van der Waals surface area contributed by atoms with Crippen molar-refractivity contribution < 1.29 is 0 Å². The molecule has 0 aromatic carbocycles. The fraction of sp³-hybridized carbons (Fsp3) is 0.733. The van der Waals surface area contributed by atoms with Crippen molar-refractivity contribution in [3.05, 3.63) is 22.2 Å². The third-order valence-corrected chi connectivity index (χ3v) is 4.16. The Kier molecular flexibility index (Phi) is 5.76. The molecule has 0 saturated carbocycles. The van der Waals surface area contributed by atoms with E-state index in [9.17, 15) is 4.79 Å². The maximum atomic E-state index is 11.7. The van der Waals surface area contributed by atoms with E-state index in [4.69, 9.17) is 5.73 Å². The molecular weight excluding hydrogens is 266 g/mol. The summed E-state index contributed by atoms with van der Waals surface area (Å²) in [5, 5.41) is 0. The minimum absolute atomic E-state index is 0.0647. The minimum Gasteiger partial charge on any atom is -0.354 e. The van der Waals surface area contributed by atoms with Crippen LogP contribution in [0, 0.1) is 0 Å². The number of nitrogens with two attached hydrogens (primary N) is 1. The van der Waals surface area contributed by atoms with Crippen molar-refractivity contribution in [2.24, 2.45) is 5.73 Å². The normalized spacial score (nSPS) is 18.0. The van der Waals surface area contributed by atoms with Crippen molar-refractivity contribution in [3.8, 4) is 0 Å². The molecule has 0 aliphatic carbocycles. The molecule has 1 aliphatic rings. The summed E-state index contributed by atoms with van der Waals surface area (Å²) in [6.45, 7) is 8.69. The van der Waals surface area contributed by atoms with Crippen LogP contribution in [-0.2, 0) is 6.42 Å². The second-order valence-electron chi connectivity index (χ2n) is 5.61. The number of hydrogen-bond donors (Lipinski definition) is 2. The molecule has 1 aliphatic heterocycles. The number of rotatable bonds is 6. The zero-order valence-corrected chi connectivity index (χ0v) is 13.1. The van der Waals surface area contributed by atoms with Gasteiger partial charge in [-0.1, -0.05) is 20.3 Å². The van der Waals surface area contributed by atoms with Gasteiger partial charge in [-0.2, -0.15) is 0 Å². The van der Waals surface area contributed by atoms with E-state index in [-0.39, 0.29) is 5.56 Å². The first kappa shape index (κ1) is 16.0. The van der Waals surface area contributed by atoms with Gasteiger partial charge in [-0.3, -0.25) is 9.69 Å². The molecule has 0 amide bonds. The van der Waals surface area contributed by atoms with Crippen LogP contribution in [0.5, 0.6) is 0 Å². The molecule has 1 atom stereocenters. The van der Waals surface area contributed by atoms with Crippen LogP contribution in [-0.4, -0.2) is 53.6 Å². The van der Waals surface area contributed by atoms with Crippen LogP contribution >= 0.6 is 0 Å². The Hall–Kier alpha value is -1.40. The number of nitrogens with one attached hydrogen (secondary N) is 1. The zero-order valence-electron chi connectivity index (χ0n) is 13.1. The first-order chi connectivity index (χ1) is 10.2. The second kappa shape index (κ2) is 7.56. The number of hydrogen-bond acceptors (Lipinski definition) is 5. The van der Waals surface area contributed by atoms with Crippen LogP contribution in [0.1, 0.15) is 32.5 Å². The Morgan fingerprint density at radius 3 is 2.62 bits per heavy atom. The van der Waals surface area contributed by atoms with Gasteiger partial charge in [-0.15, -0.1) is 0 Å². The van der Waals surface area contributed by atoms with Gasteiger partial charge in [0.05, 0.1) is 0 Å². The van der Waals surface area contributed by atoms with Crippen LogP contribution in [0.15, 0.2) is 10.9 Å². The number of H-pyrrole nitrogens is 1. The van der Waals surface area contributed by atoms with E-state index >= 15 is 0 Å². The highest BCUT2D eigenvalue weighted by atomic mass is 16.1. The highest BCUT2D eigenvalue weighted by Crippen LogP contribution is 2.15. The van der Waals surface area contributed by atoms with Gasteiger partial charge in [0.15, 0.2) is 0 Å². The molecule has 1 fully saturated rings. The minimum atomic E-state index is -0.0647. The highest BCUT2D eigenvalue weighted by molar-refractivity contribution is 5.38. The van der Waals surface area contributed by atoms with E-state index in [0.717, 1.165) is 63.6 Å². The van der Waals surface area contributed by atoms with Crippen molar-refractivity contribution in [1.29, 1.82) is 0 Å². The third-order valence-electron chi connectivity index (χ3n) is 4.16. The fourth-order valence-electron chi connectivity index (χ4n) is 2.92. The Labute approximate surface area is 126 Å². The highest BCUT2D eigenvalue weighted by Gasteiger charge is 2.23. The Balaban J connectivity index is 2.00. The van der Waals surface area contributed by atoms with E-state index in [2.05, 4.69) is 26.7 Å². The van der Waals surface area contributed by atoms with E-state index in [0.29, 0.717) is 6.04 Å². The standard InChI is InChI=1S/C15H27N5O/c1-3-5-12(11-16)19-6-8-20(9-7-19)14-10-15(21)18-13(4-2)17-14/h10,12H,3-9,11,16H2,1-2H3,(H,17,18,21). The van der Waals surface area contributed by atoms with Gasteiger partial charge >= 0.3 is 0 Å². The van der Waals surface area contributed by atoms with E-state index in [1.807, 2.05) is 6.92 Å². The Morgan fingerprint density at radius 2 is 2.05 bits per heavy atom. The Bertz CT molecular complexity index is 493. The van der Waals surface area contributed by atoms with Crippen LogP contribution < -0.4 is 16.2 Å². The molecule has 6 nitrogen and oxygen atoms in total. The van der Waals surface area contributed by atoms with Gasteiger partial charge in [0.25, 0.3) is 5.56 Å². The molecule has 2 rings (SSSR count). The first-order valence-electron chi connectivity index (χ1n) is 7.97. The van der Waals surface area contributed by atoms with E-state index in [1.54, 1.807) is 6.07 Å². The molecule has 6 heteroatoms. The molecule has 118 valence electrons. The monoisotopic (exact) mass is 293 g/mol. The average molecular weight is 293 g/mol. The average Bonchev–Trinajstić information content (AvgIpc) is 2.52. The summed E-state index contributed by atoms with van der Waals surface area (Å²) in [7, 11) is 0. The number of piperazine rings is 1. The van der Waals surface area contributed by atoms with Gasteiger partial charge in [0.1, 0.15) is 11.6 Å². The molecule has 1 saturated heterocycles. The van der Waals surface area contributed by atoms with Crippen LogP contribution in [0.2, 0.25) is 0 Å².